The van der Waals surface area contributed by atoms with E-state index in [0.717, 1.165) is 13.0 Å². The van der Waals surface area contributed by atoms with Crippen LogP contribution in [0.5, 0.6) is 0 Å². The molecule has 0 saturated heterocycles. The first-order chi connectivity index (χ1) is 9.60. The first-order valence-electron chi connectivity index (χ1n) is 6.43. The van der Waals surface area contributed by atoms with Crippen LogP contribution < -0.4 is 5.32 Å². The highest BCUT2D eigenvalue weighted by atomic mass is 35.5. The van der Waals surface area contributed by atoms with Gasteiger partial charge in [0.05, 0.1) is 24.4 Å². The van der Waals surface area contributed by atoms with Gasteiger partial charge >= 0.3 is 0 Å². The van der Waals surface area contributed by atoms with Crippen LogP contribution in [0.1, 0.15) is 18.9 Å². The smallest absolute Gasteiger partial charge is 0.238 e. The number of nitriles is 1. The van der Waals surface area contributed by atoms with Gasteiger partial charge in [0, 0.05) is 11.6 Å². The standard InChI is InChI=1S/C14H18ClN3O2/c1-2-5-18(6-7-19)10-14(20)17-13-8-12(15)4-3-11(13)9-16/h3-4,8,19H,2,5-7,10H2,1H3,(H,17,20). The molecule has 108 valence electrons. The molecule has 0 aliphatic heterocycles. The van der Waals surface area contributed by atoms with Crippen LogP contribution in [-0.4, -0.2) is 42.2 Å². The molecule has 0 bridgehead atoms. The van der Waals surface area contributed by atoms with Gasteiger partial charge in [0.15, 0.2) is 0 Å². The van der Waals surface area contributed by atoms with Crippen LogP contribution in [0.2, 0.25) is 5.02 Å². The number of benzene rings is 1. The Kier molecular flexibility index (Phi) is 7.02. The van der Waals surface area contributed by atoms with Crippen LogP contribution in [-0.2, 0) is 4.79 Å². The van der Waals surface area contributed by atoms with Crippen LogP contribution in [0.4, 0.5) is 5.69 Å². The summed E-state index contributed by atoms with van der Waals surface area (Å²) in [5.41, 5.74) is 0.775. The van der Waals surface area contributed by atoms with Crippen molar-refractivity contribution >= 4 is 23.2 Å². The monoisotopic (exact) mass is 295 g/mol. The number of carbonyl (C=O) groups is 1. The number of aliphatic hydroxyl groups excluding tert-OH is 1. The van der Waals surface area contributed by atoms with Crippen LogP contribution in [0, 0.1) is 11.3 Å². The molecular formula is C14H18ClN3O2. The minimum atomic E-state index is -0.231. The summed E-state index contributed by atoms with van der Waals surface area (Å²) < 4.78 is 0. The van der Waals surface area contributed by atoms with Gasteiger partial charge in [-0.1, -0.05) is 18.5 Å². The van der Waals surface area contributed by atoms with Gasteiger partial charge in [-0.05, 0) is 31.2 Å². The Labute approximate surface area is 123 Å². The van der Waals surface area contributed by atoms with Gasteiger partial charge in [0.1, 0.15) is 6.07 Å². The number of nitrogens with zero attached hydrogens (tertiary/aromatic N) is 2. The molecule has 0 spiro atoms. The molecule has 20 heavy (non-hydrogen) atoms. The van der Waals surface area contributed by atoms with Crippen molar-refractivity contribution in [3.8, 4) is 6.07 Å². The summed E-state index contributed by atoms with van der Waals surface area (Å²) in [4.78, 5) is 13.8. The van der Waals surface area contributed by atoms with Crippen LogP contribution in [0.25, 0.3) is 0 Å². The van der Waals surface area contributed by atoms with E-state index in [1.807, 2.05) is 17.9 Å². The Balaban J connectivity index is 2.70. The van der Waals surface area contributed by atoms with Crippen molar-refractivity contribution in [1.82, 2.24) is 4.90 Å². The molecule has 0 radical (unpaired) electrons. The van der Waals surface area contributed by atoms with E-state index in [4.69, 9.17) is 22.0 Å². The quantitative estimate of drug-likeness (QED) is 0.805. The zero-order chi connectivity index (χ0) is 15.0. The van der Waals surface area contributed by atoms with Crippen molar-refractivity contribution < 1.29 is 9.90 Å². The number of hydrogen-bond donors (Lipinski definition) is 2. The van der Waals surface area contributed by atoms with Gasteiger partial charge in [-0.3, -0.25) is 9.69 Å². The largest absolute Gasteiger partial charge is 0.395 e. The minimum absolute atomic E-state index is 0.00783. The molecule has 1 rings (SSSR count). The Morgan fingerprint density at radius 1 is 1.50 bits per heavy atom. The number of rotatable bonds is 7. The molecule has 6 heteroatoms. The van der Waals surface area contributed by atoms with Gasteiger partial charge in [-0.25, -0.2) is 0 Å². The number of nitrogens with one attached hydrogen (secondary N) is 1. The fraction of sp³-hybridized carbons (Fsp3) is 0.429. The van der Waals surface area contributed by atoms with Gasteiger partial charge in [0.2, 0.25) is 5.91 Å². The van der Waals surface area contributed by atoms with Crippen molar-refractivity contribution in [3.63, 3.8) is 0 Å². The zero-order valence-corrected chi connectivity index (χ0v) is 12.2. The normalized spacial score (nSPS) is 10.3. The fourth-order valence-corrected chi connectivity index (χ4v) is 2.01. The lowest BCUT2D eigenvalue weighted by Crippen LogP contribution is -2.35. The average Bonchev–Trinajstić information content (AvgIpc) is 2.39. The fourth-order valence-electron chi connectivity index (χ4n) is 1.84. The van der Waals surface area contributed by atoms with Crippen LogP contribution in [0.15, 0.2) is 18.2 Å². The van der Waals surface area contributed by atoms with E-state index in [1.165, 1.54) is 0 Å². The number of hydrogen-bond acceptors (Lipinski definition) is 4. The van der Waals surface area contributed by atoms with Crippen LogP contribution in [0.3, 0.4) is 0 Å². The van der Waals surface area contributed by atoms with E-state index in [2.05, 4.69) is 5.32 Å². The SMILES string of the molecule is CCCN(CCO)CC(=O)Nc1cc(Cl)ccc1C#N. The number of anilines is 1. The molecule has 0 fully saturated rings. The highest BCUT2D eigenvalue weighted by molar-refractivity contribution is 6.31. The molecule has 0 heterocycles. The summed E-state index contributed by atoms with van der Waals surface area (Å²) in [5, 5.41) is 21.1. The van der Waals surface area contributed by atoms with Gasteiger partial charge < -0.3 is 10.4 Å². The average molecular weight is 296 g/mol. The van der Waals surface area contributed by atoms with E-state index in [1.54, 1.807) is 18.2 Å². The van der Waals surface area contributed by atoms with Gasteiger partial charge in [-0.15, -0.1) is 0 Å². The number of aliphatic hydroxyl groups is 1. The predicted octanol–water partition coefficient (Wildman–Crippen LogP) is 1.85. The second-order valence-corrected chi connectivity index (χ2v) is 4.79. The highest BCUT2D eigenvalue weighted by Gasteiger charge is 2.12. The Morgan fingerprint density at radius 3 is 2.85 bits per heavy atom. The minimum Gasteiger partial charge on any atom is -0.395 e. The van der Waals surface area contributed by atoms with Crippen LogP contribution >= 0.6 is 11.6 Å². The molecule has 0 aromatic heterocycles. The third kappa shape index (κ3) is 5.17. The second kappa shape index (κ2) is 8.54. The maximum atomic E-state index is 12.0. The zero-order valence-electron chi connectivity index (χ0n) is 11.4. The van der Waals surface area contributed by atoms with E-state index < -0.39 is 0 Å². The molecule has 1 amide bonds. The summed E-state index contributed by atoms with van der Waals surface area (Å²) in [5.74, 6) is -0.231. The molecule has 1 aromatic carbocycles. The number of halogens is 1. The number of carbonyl (C=O) groups excluding carboxylic acids is 1. The lowest BCUT2D eigenvalue weighted by atomic mass is 10.2. The van der Waals surface area contributed by atoms with E-state index >= 15 is 0 Å². The molecule has 0 atom stereocenters. The third-order valence-electron chi connectivity index (χ3n) is 2.70. The van der Waals surface area contributed by atoms with Crippen molar-refractivity contribution in [3.05, 3.63) is 28.8 Å². The van der Waals surface area contributed by atoms with E-state index in [0.29, 0.717) is 22.8 Å². The van der Waals surface area contributed by atoms with Crippen molar-refractivity contribution in [2.75, 3.05) is 31.6 Å². The summed E-state index contributed by atoms with van der Waals surface area (Å²) in [6, 6.07) is 6.72. The van der Waals surface area contributed by atoms with Crippen molar-refractivity contribution in [1.29, 1.82) is 5.26 Å². The first kappa shape index (κ1) is 16.4. The molecule has 5 nitrogen and oxygen atoms in total. The van der Waals surface area contributed by atoms with Crippen molar-refractivity contribution in [2.45, 2.75) is 13.3 Å². The molecule has 0 aliphatic carbocycles. The third-order valence-corrected chi connectivity index (χ3v) is 2.93. The van der Waals surface area contributed by atoms with Gasteiger partial charge in [-0.2, -0.15) is 5.26 Å². The molecule has 1 aromatic rings. The lowest BCUT2D eigenvalue weighted by molar-refractivity contribution is -0.117. The van der Waals surface area contributed by atoms with Crippen molar-refractivity contribution in [2.24, 2.45) is 0 Å². The second-order valence-electron chi connectivity index (χ2n) is 4.35. The molecule has 0 unspecified atom stereocenters. The number of amides is 1. The Hall–Kier alpha value is -1.61. The maximum Gasteiger partial charge on any atom is 0.238 e. The lowest BCUT2D eigenvalue weighted by Gasteiger charge is -2.20. The Bertz CT molecular complexity index is 494. The first-order valence-corrected chi connectivity index (χ1v) is 6.81. The molecule has 0 aliphatic rings. The summed E-state index contributed by atoms with van der Waals surface area (Å²) in [7, 11) is 0. The topological polar surface area (TPSA) is 76.4 Å². The summed E-state index contributed by atoms with van der Waals surface area (Å²) >= 11 is 5.86. The molecule has 2 N–H and O–H groups in total. The predicted molar refractivity (Wildman–Crippen MR) is 78.6 cm³/mol. The van der Waals surface area contributed by atoms with E-state index in [9.17, 15) is 4.79 Å². The summed E-state index contributed by atoms with van der Waals surface area (Å²) in [6.07, 6.45) is 0.897. The van der Waals surface area contributed by atoms with Gasteiger partial charge in [0.25, 0.3) is 0 Å². The Morgan fingerprint density at radius 2 is 2.25 bits per heavy atom. The highest BCUT2D eigenvalue weighted by Crippen LogP contribution is 2.20. The van der Waals surface area contributed by atoms with E-state index in [-0.39, 0.29) is 19.1 Å². The summed E-state index contributed by atoms with van der Waals surface area (Å²) in [6.45, 7) is 3.36. The maximum absolute atomic E-state index is 12.0. The molecular weight excluding hydrogens is 278 g/mol. The molecule has 0 saturated carbocycles.